The molecule has 1 N–H and O–H groups in total. The molecular formula is C26H22N4O2S. The molecule has 4 aromatic rings. The van der Waals surface area contributed by atoms with Crippen LogP contribution in [0.1, 0.15) is 23.6 Å². The molecule has 0 aliphatic heterocycles. The Labute approximate surface area is 195 Å². The maximum Gasteiger partial charge on any atom is 0.266 e. The van der Waals surface area contributed by atoms with Crippen LogP contribution < -0.4 is 10.9 Å². The zero-order chi connectivity index (χ0) is 23.5. The van der Waals surface area contributed by atoms with Gasteiger partial charge in [0.25, 0.3) is 5.56 Å². The number of benzene rings is 3. The Morgan fingerprint density at radius 1 is 1.03 bits per heavy atom. The molecule has 33 heavy (non-hydrogen) atoms. The molecule has 1 amide bonds. The zero-order valence-electron chi connectivity index (χ0n) is 18.5. The predicted octanol–water partition coefficient (Wildman–Crippen LogP) is 4.99. The highest BCUT2D eigenvalue weighted by Gasteiger charge is 2.22. The third-order valence-corrected chi connectivity index (χ3v) is 6.39. The van der Waals surface area contributed by atoms with Gasteiger partial charge < -0.3 is 5.32 Å². The first-order chi connectivity index (χ1) is 15.9. The summed E-state index contributed by atoms with van der Waals surface area (Å²) in [5.74, 6) is -0.222. The van der Waals surface area contributed by atoms with Gasteiger partial charge in [-0.05, 0) is 68.3 Å². The van der Waals surface area contributed by atoms with E-state index < -0.39 is 5.25 Å². The van der Waals surface area contributed by atoms with Crippen LogP contribution in [-0.4, -0.2) is 20.7 Å². The van der Waals surface area contributed by atoms with Gasteiger partial charge in [0.1, 0.15) is 0 Å². The van der Waals surface area contributed by atoms with Gasteiger partial charge in [0.15, 0.2) is 5.16 Å². The molecule has 0 radical (unpaired) electrons. The van der Waals surface area contributed by atoms with Crippen LogP contribution >= 0.6 is 11.8 Å². The van der Waals surface area contributed by atoms with Gasteiger partial charge in [0.2, 0.25) is 5.91 Å². The van der Waals surface area contributed by atoms with Crippen molar-refractivity contribution in [3.63, 3.8) is 0 Å². The number of amides is 1. The van der Waals surface area contributed by atoms with Gasteiger partial charge in [-0.25, -0.2) is 4.98 Å². The highest BCUT2D eigenvalue weighted by atomic mass is 32.2. The fraction of sp³-hybridized carbons (Fsp3) is 0.154. The largest absolute Gasteiger partial charge is 0.325 e. The number of para-hydroxylation sites is 2. The summed E-state index contributed by atoms with van der Waals surface area (Å²) in [6, 6.07) is 21.8. The first-order valence-electron chi connectivity index (χ1n) is 10.4. The van der Waals surface area contributed by atoms with Crippen molar-refractivity contribution in [3.05, 3.63) is 93.8 Å². The molecule has 4 rings (SSSR count). The van der Waals surface area contributed by atoms with Gasteiger partial charge in [0.05, 0.1) is 33.5 Å². The van der Waals surface area contributed by atoms with E-state index in [9.17, 15) is 9.59 Å². The van der Waals surface area contributed by atoms with Crippen molar-refractivity contribution in [1.29, 1.82) is 5.26 Å². The van der Waals surface area contributed by atoms with Crippen molar-refractivity contribution in [1.82, 2.24) is 9.55 Å². The molecule has 1 atom stereocenters. The molecule has 0 aliphatic carbocycles. The van der Waals surface area contributed by atoms with E-state index in [1.807, 2.05) is 44.2 Å². The molecule has 3 aromatic carbocycles. The molecule has 0 bridgehead atoms. The van der Waals surface area contributed by atoms with E-state index in [0.29, 0.717) is 27.3 Å². The van der Waals surface area contributed by atoms with Crippen molar-refractivity contribution in [2.75, 3.05) is 5.32 Å². The Hall–Kier alpha value is -3.89. The summed E-state index contributed by atoms with van der Waals surface area (Å²) in [7, 11) is 0. The number of nitriles is 1. The number of anilines is 1. The number of aryl methyl sites for hydroxylation is 2. The SMILES string of the molecule is Cc1cccc(C)c1-n1c(SC(C)C(=O)Nc2ccc(C#N)cc2)nc2ccccc2c1=O. The highest BCUT2D eigenvalue weighted by Crippen LogP contribution is 2.28. The predicted molar refractivity (Wildman–Crippen MR) is 132 cm³/mol. The lowest BCUT2D eigenvalue weighted by molar-refractivity contribution is -0.115. The first-order valence-corrected chi connectivity index (χ1v) is 11.3. The number of carbonyl (C=O) groups excluding carboxylic acids is 1. The number of aromatic nitrogens is 2. The fourth-order valence-electron chi connectivity index (χ4n) is 3.63. The Morgan fingerprint density at radius 3 is 2.36 bits per heavy atom. The lowest BCUT2D eigenvalue weighted by atomic mass is 10.1. The third-order valence-electron chi connectivity index (χ3n) is 5.34. The second kappa shape index (κ2) is 9.31. The van der Waals surface area contributed by atoms with Gasteiger partial charge in [-0.15, -0.1) is 0 Å². The van der Waals surface area contributed by atoms with E-state index in [1.165, 1.54) is 11.8 Å². The summed E-state index contributed by atoms with van der Waals surface area (Å²) in [6.07, 6.45) is 0. The quantitative estimate of drug-likeness (QED) is 0.339. The molecule has 164 valence electrons. The Balaban J connectivity index is 1.74. The van der Waals surface area contributed by atoms with Crippen LogP contribution in [-0.2, 0) is 4.79 Å². The van der Waals surface area contributed by atoms with Crippen LogP contribution in [0.15, 0.2) is 76.7 Å². The van der Waals surface area contributed by atoms with Crippen LogP contribution in [0.5, 0.6) is 0 Å². The van der Waals surface area contributed by atoms with Crippen LogP contribution in [0.2, 0.25) is 0 Å². The second-order valence-electron chi connectivity index (χ2n) is 7.73. The van der Waals surface area contributed by atoms with Gasteiger partial charge in [-0.3, -0.25) is 14.2 Å². The van der Waals surface area contributed by atoms with E-state index in [2.05, 4.69) is 11.4 Å². The van der Waals surface area contributed by atoms with Crippen molar-refractivity contribution in [2.24, 2.45) is 0 Å². The molecule has 0 spiro atoms. The van der Waals surface area contributed by atoms with Crippen molar-refractivity contribution < 1.29 is 4.79 Å². The standard InChI is InChI=1S/C26H22N4O2S/c1-16-7-6-8-17(2)23(16)30-25(32)21-9-4-5-10-22(21)29-26(30)33-18(3)24(31)28-20-13-11-19(15-27)12-14-20/h4-14,18H,1-3H3,(H,28,31). The first kappa shape index (κ1) is 22.3. The second-order valence-corrected chi connectivity index (χ2v) is 9.04. The van der Waals surface area contributed by atoms with Gasteiger partial charge in [0, 0.05) is 5.69 Å². The lowest BCUT2D eigenvalue weighted by Crippen LogP contribution is -2.27. The number of nitrogens with one attached hydrogen (secondary N) is 1. The number of fused-ring (bicyclic) bond motifs is 1. The Kier molecular flexibility index (Phi) is 6.29. The molecule has 1 unspecified atom stereocenters. The molecular weight excluding hydrogens is 432 g/mol. The Morgan fingerprint density at radius 2 is 1.70 bits per heavy atom. The highest BCUT2D eigenvalue weighted by molar-refractivity contribution is 8.00. The maximum absolute atomic E-state index is 13.5. The molecule has 0 aliphatic rings. The number of hydrogen-bond acceptors (Lipinski definition) is 5. The Bertz CT molecular complexity index is 1430. The van der Waals surface area contributed by atoms with Crippen molar-refractivity contribution >= 4 is 34.3 Å². The molecule has 6 nitrogen and oxygen atoms in total. The number of thioether (sulfide) groups is 1. The summed E-state index contributed by atoms with van der Waals surface area (Å²) in [5.41, 5.74) is 4.23. The molecule has 1 heterocycles. The minimum atomic E-state index is -0.524. The monoisotopic (exact) mass is 454 g/mol. The normalized spacial score (nSPS) is 11.7. The van der Waals surface area contributed by atoms with E-state index in [-0.39, 0.29) is 11.5 Å². The van der Waals surface area contributed by atoms with Gasteiger partial charge in [-0.2, -0.15) is 5.26 Å². The van der Waals surface area contributed by atoms with Crippen LogP contribution in [0.4, 0.5) is 5.69 Å². The topological polar surface area (TPSA) is 87.8 Å². The zero-order valence-corrected chi connectivity index (χ0v) is 19.3. The molecule has 7 heteroatoms. The van der Waals surface area contributed by atoms with Crippen molar-refractivity contribution in [3.8, 4) is 11.8 Å². The van der Waals surface area contributed by atoms with Crippen LogP contribution in [0.3, 0.4) is 0 Å². The minimum absolute atomic E-state index is 0.166. The summed E-state index contributed by atoms with van der Waals surface area (Å²) < 4.78 is 1.61. The van der Waals surface area contributed by atoms with Crippen molar-refractivity contribution in [2.45, 2.75) is 31.2 Å². The van der Waals surface area contributed by atoms with Crippen LogP contribution in [0.25, 0.3) is 16.6 Å². The third kappa shape index (κ3) is 4.52. The van der Waals surface area contributed by atoms with Gasteiger partial charge >= 0.3 is 0 Å². The lowest BCUT2D eigenvalue weighted by Gasteiger charge is -2.19. The molecule has 1 aromatic heterocycles. The fourth-order valence-corrected chi connectivity index (χ4v) is 4.54. The summed E-state index contributed by atoms with van der Waals surface area (Å²) >= 11 is 1.23. The minimum Gasteiger partial charge on any atom is -0.325 e. The molecule has 0 fully saturated rings. The smallest absolute Gasteiger partial charge is 0.266 e. The average molecular weight is 455 g/mol. The van der Waals surface area contributed by atoms with Crippen LogP contribution in [0, 0.1) is 25.2 Å². The maximum atomic E-state index is 13.5. The summed E-state index contributed by atoms with van der Waals surface area (Å²) in [5, 5.41) is 12.3. The number of nitrogens with zero attached hydrogens (tertiary/aromatic N) is 3. The summed E-state index contributed by atoms with van der Waals surface area (Å²) in [4.78, 5) is 31.2. The number of carbonyl (C=O) groups is 1. The summed E-state index contributed by atoms with van der Waals surface area (Å²) in [6.45, 7) is 5.69. The van der Waals surface area contributed by atoms with Gasteiger partial charge in [-0.1, -0.05) is 42.1 Å². The van der Waals surface area contributed by atoms with E-state index in [1.54, 1.807) is 47.9 Å². The van der Waals surface area contributed by atoms with E-state index in [4.69, 9.17) is 10.2 Å². The van der Waals surface area contributed by atoms with E-state index in [0.717, 1.165) is 16.8 Å². The number of hydrogen-bond donors (Lipinski definition) is 1. The molecule has 0 saturated heterocycles. The van der Waals surface area contributed by atoms with E-state index >= 15 is 0 Å². The molecule has 0 saturated carbocycles. The number of rotatable bonds is 5. The average Bonchev–Trinajstić information content (AvgIpc) is 2.81.